The molecule has 0 aliphatic carbocycles. The lowest BCUT2D eigenvalue weighted by Crippen LogP contribution is -1.97. The smallest absolute Gasteiger partial charge is 0.0431 e. The third-order valence-corrected chi connectivity index (χ3v) is 3.77. The minimum absolute atomic E-state index is 0.357. The number of hydrogen-bond acceptors (Lipinski definition) is 2. The summed E-state index contributed by atoms with van der Waals surface area (Å²) in [5.41, 5.74) is 5.47. The third kappa shape index (κ3) is 17.7. The zero-order chi connectivity index (χ0) is 14.7. The van der Waals surface area contributed by atoms with Crippen molar-refractivity contribution in [1.29, 1.82) is 0 Å². The molecule has 0 heterocycles. The molecule has 0 radical (unpaired) electrons. The van der Waals surface area contributed by atoms with Crippen LogP contribution in [0, 0.1) is 0 Å². The summed E-state index contributed by atoms with van der Waals surface area (Å²) in [7, 11) is 0. The van der Waals surface area contributed by atoms with Gasteiger partial charge in [-0.05, 0) is 45.1 Å². The van der Waals surface area contributed by atoms with E-state index >= 15 is 0 Å². The molecule has 0 bridgehead atoms. The first-order valence-corrected chi connectivity index (χ1v) is 8.87. The number of rotatable bonds is 16. The first-order valence-electron chi connectivity index (χ1n) is 8.87. The van der Waals surface area contributed by atoms with Gasteiger partial charge < -0.3 is 10.8 Å². The summed E-state index contributed by atoms with van der Waals surface area (Å²) in [4.78, 5) is 0. The molecule has 0 saturated heterocycles. The first kappa shape index (κ1) is 19.7. The van der Waals surface area contributed by atoms with Crippen molar-refractivity contribution >= 4 is 0 Å². The molecule has 0 saturated carbocycles. The van der Waals surface area contributed by atoms with Crippen LogP contribution in [0.2, 0.25) is 0 Å². The maximum atomic E-state index is 8.67. The van der Waals surface area contributed by atoms with Crippen LogP contribution < -0.4 is 5.73 Å². The monoisotopic (exact) mass is 283 g/mol. The van der Waals surface area contributed by atoms with E-state index < -0.39 is 0 Å². The van der Waals surface area contributed by atoms with Crippen LogP contribution in [0.5, 0.6) is 0 Å². The van der Waals surface area contributed by atoms with E-state index in [1.807, 2.05) is 0 Å². The Morgan fingerprint density at radius 1 is 0.550 bits per heavy atom. The van der Waals surface area contributed by atoms with Crippen molar-refractivity contribution in [2.45, 2.75) is 89.9 Å². The Kier molecular flexibility index (Phi) is 18.3. The van der Waals surface area contributed by atoms with Crippen LogP contribution in [0.25, 0.3) is 0 Å². The fourth-order valence-electron chi connectivity index (χ4n) is 2.43. The van der Waals surface area contributed by atoms with E-state index in [1.54, 1.807) is 0 Å². The highest BCUT2D eigenvalue weighted by atomic mass is 16.2. The van der Waals surface area contributed by atoms with Gasteiger partial charge in [0, 0.05) is 6.61 Å². The Labute approximate surface area is 126 Å². The molecule has 0 rings (SSSR count). The lowest BCUT2D eigenvalue weighted by atomic mass is 10.1. The highest BCUT2D eigenvalue weighted by Crippen LogP contribution is 2.09. The van der Waals surface area contributed by atoms with Gasteiger partial charge in [0.25, 0.3) is 0 Å². The number of aliphatic hydroxyl groups excluding tert-OH is 1. The number of unbranched alkanes of at least 4 members (excludes halogenated alkanes) is 12. The zero-order valence-electron chi connectivity index (χ0n) is 13.5. The van der Waals surface area contributed by atoms with E-state index in [4.69, 9.17) is 10.8 Å². The average Bonchev–Trinajstić information content (AvgIpc) is 2.47. The van der Waals surface area contributed by atoms with E-state index in [-0.39, 0.29) is 0 Å². The molecule has 0 aromatic rings. The standard InChI is InChI=1S/C18H37NO/c19-17-15-13-11-9-7-5-3-1-2-4-6-8-10-12-14-16-18-20/h1-2,20H,3-19H2. The second kappa shape index (κ2) is 18.7. The normalized spacial score (nSPS) is 11.5. The second-order valence-corrected chi connectivity index (χ2v) is 5.80. The Morgan fingerprint density at radius 3 is 1.40 bits per heavy atom. The molecule has 0 spiro atoms. The largest absolute Gasteiger partial charge is 0.396 e. The van der Waals surface area contributed by atoms with Crippen LogP contribution in [-0.2, 0) is 0 Å². The van der Waals surface area contributed by atoms with Crippen LogP contribution in [0.1, 0.15) is 89.9 Å². The first-order chi connectivity index (χ1) is 9.91. The molecule has 0 atom stereocenters. The van der Waals surface area contributed by atoms with Crippen molar-refractivity contribution < 1.29 is 5.11 Å². The second-order valence-electron chi connectivity index (χ2n) is 5.80. The van der Waals surface area contributed by atoms with Crippen LogP contribution in [0.4, 0.5) is 0 Å². The fraction of sp³-hybridized carbons (Fsp3) is 0.889. The molecule has 2 heteroatoms. The van der Waals surface area contributed by atoms with Crippen LogP contribution in [-0.4, -0.2) is 18.3 Å². The van der Waals surface area contributed by atoms with Crippen LogP contribution in [0.3, 0.4) is 0 Å². The van der Waals surface area contributed by atoms with Crippen molar-refractivity contribution in [3.8, 4) is 0 Å². The molecule has 0 aromatic heterocycles. The van der Waals surface area contributed by atoms with E-state index in [0.717, 1.165) is 13.0 Å². The number of nitrogens with two attached hydrogens (primary N) is 1. The van der Waals surface area contributed by atoms with Crippen molar-refractivity contribution in [2.24, 2.45) is 5.73 Å². The molecule has 0 unspecified atom stereocenters. The van der Waals surface area contributed by atoms with E-state index in [1.165, 1.54) is 83.5 Å². The SMILES string of the molecule is NCCCCCCCCC=CCCCCCCCCO. The van der Waals surface area contributed by atoms with Gasteiger partial charge >= 0.3 is 0 Å². The third-order valence-electron chi connectivity index (χ3n) is 3.77. The van der Waals surface area contributed by atoms with E-state index in [0.29, 0.717) is 6.61 Å². The van der Waals surface area contributed by atoms with Crippen molar-refractivity contribution in [2.75, 3.05) is 13.2 Å². The number of allylic oxidation sites excluding steroid dienone is 2. The Balaban J connectivity index is 3.01. The van der Waals surface area contributed by atoms with Gasteiger partial charge in [-0.1, -0.05) is 63.5 Å². The number of aliphatic hydroxyl groups is 1. The molecule has 0 aliphatic rings. The number of hydrogen-bond donors (Lipinski definition) is 2. The van der Waals surface area contributed by atoms with Gasteiger partial charge in [0.1, 0.15) is 0 Å². The average molecular weight is 283 g/mol. The predicted molar refractivity (Wildman–Crippen MR) is 89.9 cm³/mol. The summed E-state index contributed by atoms with van der Waals surface area (Å²) in [6.07, 6.45) is 22.7. The van der Waals surface area contributed by atoms with Gasteiger partial charge in [0.15, 0.2) is 0 Å². The van der Waals surface area contributed by atoms with Crippen LogP contribution >= 0.6 is 0 Å². The zero-order valence-corrected chi connectivity index (χ0v) is 13.5. The van der Waals surface area contributed by atoms with Gasteiger partial charge in [0.05, 0.1) is 0 Å². The predicted octanol–water partition coefficient (Wildman–Crippen LogP) is 4.96. The van der Waals surface area contributed by atoms with Gasteiger partial charge in [-0.25, -0.2) is 0 Å². The topological polar surface area (TPSA) is 46.2 Å². The molecule has 2 nitrogen and oxygen atoms in total. The van der Waals surface area contributed by atoms with E-state index in [2.05, 4.69) is 12.2 Å². The van der Waals surface area contributed by atoms with Crippen molar-refractivity contribution in [1.82, 2.24) is 0 Å². The molecule has 0 amide bonds. The molecule has 0 fully saturated rings. The molecular weight excluding hydrogens is 246 g/mol. The maximum Gasteiger partial charge on any atom is 0.0431 e. The summed E-state index contributed by atoms with van der Waals surface area (Å²) in [6, 6.07) is 0. The molecule has 0 aromatic carbocycles. The summed E-state index contributed by atoms with van der Waals surface area (Å²) in [5, 5.41) is 8.67. The Morgan fingerprint density at radius 2 is 0.950 bits per heavy atom. The highest BCUT2D eigenvalue weighted by Gasteiger charge is 1.91. The molecule has 20 heavy (non-hydrogen) atoms. The lowest BCUT2D eigenvalue weighted by Gasteiger charge is -1.99. The summed E-state index contributed by atoms with van der Waals surface area (Å²) in [5.74, 6) is 0. The Bertz CT molecular complexity index is 172. The molecule has 3 N–H and O–H groups in total. The molecule has 120 valence electrons. The minimum atomic E-state index is 0.357. The summed E-state index contributed by atoms with van der Waals surface area (Å²) in [6.45, 7) is 1.21. The highest BCUT2D eigenvalue weighted by molar-refractivity contribution is 4.81. The quantitative estimate of drug-likeness (QED) is 0.311. The van der Waals surface area contributed by atoms with Crippen molar-refractivity contribution in [3.63, 3.8) is 0 Å². The van der Waals surface area contributed by atoms with E-state index in [9.17, 15) is 0 Å². The summed E-state index contributed by atoms with van der Waals surface area (Å²) < 4.78 is 0. The maximum absolute atomic E-state index is 8.67. The van der Waals surface area contributed by atoms with Gasteiger partial charge in [-0.15, -0.1) is 0 Å². The van der Waals surface area contributed by atoms with Gasteiger partial charge in [0.2, 0.25) is 0 Å². The molecule has 0 aliphatic heterocycles. The lowest BCUT2D eigenvalue weighted by molar-refractivity contribution is 0.282. The summed E-state index contributed by atoms with van der Waals surface area (Å²) >= 11 is 0. The minimum Gasteiger partial charge on any atom is -0.396 e. The van der Waals surface area contributed by atoms with Gasteiger partial charge in [-0.2, -0.15) is 0 Å². The Hall–Kier alpha value is -0.340. The fourth-order valence-corrected chi connectivity index (χ4v) is 2.43. The van der Waals surface area contributed by atoms with Crippen LogP contribution in [0.15, 0.2) is 12.2 Å². The van der Waals surface area contributed by atoms with Crippen molar-refractivity contribution in [3.05, 3.63) is 12.2 Å². The molecular formula is C18H37NO. The van der Waals surface area contributed by atoms with Gasteiger partial charge in [-0.3, -0.25) is 0 Å².